The molecule has 0 aliphatic carbocycles. The highest BCUT2D eigenvalue weighted by Gasteiger charge is 2.43. The van der Waals surface area contributed by atoms with Crippen LogP contribution in [0.1, 0.15) is 22.1 Å². The highest BCUT2D eigenvalue weighted by Crippen LogP contribution is 2.33. The maximum absolute atomic E-state index is 13.9. The fraction of sp³-hybridized carbons (Fsp3) is 0.176. The number of carbonyl (C=O) groups excluding carboxylic acids is 2. The second-order valence-electron chi connectivity index (χ2n) is 5.45. The molecule has 0 bridgehead atoms. The fourth-order valence-electron chi connectivity index (χ4n) is 2.80. The van der Waals surface area contributed by atoms with Crippen LogP contribution in [0.5, 0.6) is 0 Å². The van der Waals surface area contributed by atoms with Crippen molar-refractivity contribution >= 4 is 12.2 Å². The fourth-order valence-corrected chi connectivity index (χ4v) is 2.80. The van der Waals surface area contributed by atoms with Gasteiger partial charge in [-0.1, -0.05) is 24.3 Å². The Bertz CT molecular complexity index is 784. The van der Waals surface area contributed by atoms with Crippen LogP contribution in [0.15, 0.2) is 48.5 Å². The van der Waals surface area contributed by atoms with Gasteiger partial charge in [-0.3, -0.25) is 4.79 Å². The molecule has 3 rings (SSSR count). The molecule has 1 amide bonds. The first-order chi connectivity index (χ1) is 11.5. The van der Waals surface area contributed by atoms with E-state index in [4.69, 9.17) is 0 Å². The lowest BCUT2D eigenvalue weighted by molar-refractivity contribution is -0.154. The summed E-state index contributed by atoms with van der Waals surface area (Å²) in [5, 5.41) is 10.9. The van der Waals surface area contributed by atoms with Gasteiger partial charge < -0.3 is 14.9 Å². The van der Waals surface area contributed by atoms with E-state index in [9.17, 15) is 23.6 Å². The quantitative estimate of drug-likeness (QED) is 0.877. The third-order valence-corrected chi connectivity index (χ3v) is 3.94. The summed E-state index contributed by atoms with van der Waals surface area (Å²) in [5.74, 6) is -1.95. The number of rotatable bonds is 3. The molecule has 2 aromatic rings. The second-order valence-corrected chi connectivity index (χ2v) is 5.45. The third kappa shape index (κ3) is 2.79. The Morgan fingerprint density at radius 3 is 2.58 bits per heavy atom. The first-order valence-electron chi connectivity index (χ1n) is 7.26. The number of nitrogens with zero attached hydrogens (tertiary/aromatic N) is 2. The van der Waals surface area contributed by atoms with Crippen molar-refractivity contribution in [2.24, 2.45) is 0 Å². The Hall–Kier alpha value is -2.64. The predicted octanol–water partition coefficient (Wildman–Crippen LogP) is 2.38. The van der Waals surface area contributed by atoms with Gasteiger partial charge in [0.1, 0.15) is 30.1 Å². The van der Waals surface area contributed by atoms with E-state index in [-0.39, 0.29) is 17.7 Å². The summed E-state index contributed by atoms with van der Waals surface area (Å²) < 4.78 is 27.4. The number of hydrogen-bond acceptors (Lipinski definition) is 4. The zero-order valence-electron chi connectivity index (χ0n) is 12.5. The third-order valence-electron chi connectivity index (χ3n) is 3.94. The Morgan fingerprint density at radius 2 is 1.92 bits per heavy atom. The Morgan fingerprint density at radius 1 is 1.17 bits per heavy atom. The summed E-state index contributed by atoms with van der Waals surface area (Å²) in [4.78, 5) is 25.0. The molecule has 7 heteroatoms. The number of halogens is 2. The standard InChI is InChI=1S/C17H14F2N2O3/c18-12-5-3-4-11(8-12)16-20(9-13(10-22)21(16)24)17(23)14-6-1-2-7-15(14)19/h1-8,10,13,16,24H,9H2. The van der Waals surface area contributed by atoms with Crippen molar-refractivity contribution in [3.05, 3.63) is 71.3 Å². The minimum Gasteiger partial charge on any atom is -0.314 e. The average Bonchev–Trinajstić information content (AvgIpc) is 2.91. The lowest BCUT2D eigenvalue weighted by Crippen LogP contribution is -2.35. The molecule has 5 nitrogen and oxygen atoms in total. The zero-order valence-corrected chi connectivity index (χ0v) is 12.5. The van der Waals surface area contributed by atoms with E-state index in [1.165, 1.54) is 36.4 Å². The van der Waals surface area contributed by atoms with Crippen LogP contribution in [0, 0.1) is 11.6 Å². The summed E-state index contributed by atoms with van der Waals surface area (Å²) in [6.45, 7) is -0.131. The number of benzene rings is 2. The molecule has 1 heterocycles. The molecule has 1 saturated heterocycles. The summed E-state index contributed by atoms with van der Waals surface area (Å²) >= 11 is 0. The van der Waals surface area contributed by atoms with E-state index >= 15 is 0 Å². The van der Waals surface area contributed by atoms with Crippen LogP contribution < -0.4 is 0 Å². The largest absolute Gasteiger partial charge is 0.314 e. The number of hydroxylamine groups is 2. The van der Waals surface area contributed by atoms with Gasteiger partial charge in [0.15, 0.2) is 0 Å². The summed E-state index contributed by atoms with van der Waals surface area (Å²) in [7, 11) is 0. The van der Waals surface area contributed by atoms with Crippen molar-refractivity contribution in [1.82, 2.24) is 9.96 Å². The summed E-state index contributed by atoms with van der Waals surface area (Å²) in [6.07, 6.45) is -0.594. The Balaban J connectivity index is 2.02. The van der Waals surface area contributed by atoms with Crippen LogP contribution in [0.25, 0.3) is 0 Å². The van der Waals surface area contributed by atoms with Gasteiger partial charge in [-0.15, -0.1) is 0 Å². The molecule has 0 aromatic heterocycles. The van der Waals surface area contributed by atoms with Crippen LogP contribution >= 0.6 is 0 Å². The topological polar surface area (TPSA) is 60.9 Å². The van der Waals surface area contributed by atoms with Crippen LogP contribution in [0.3, 0.4) is 0 Å². The van der Waals surface area contributed by atoms with Crippen molar-refractivity contribution in [3.63, 3.8) is 0 Å². The van der Waals surface area contributed by atoms with Crippen LogP contribution in [0.2, 0.25) is 0 Å². The van der Waals surface area contributed by atoms with Crippen molar-refractivity contribution in [2.75, 3.05) is 6.54 Å². The van der Waals surface area contributed by atoms with Crippen molar-refractivity contribution in [1.29, 1.82) is 0 Å². The smallest absolute Gasteiger partial charge is 0.258 e. The molecule has 0 saturated carbocycles. The van der Waals surface area contributed by atoms with Gasteiger partial charge in [0, 0.05) is 6.54 Å². The van der Waals surface area contributed by atoms with Gasteiger partial charge in [-0.2, -0.15) is 5.06 Å². The van der Waals surface area contributed by atoms with Crippen molar-refractivity contribution in [3.8, 4) is 0 Å². The van der Waals surface area contributed by atoms with Gasteiger partial charge in [0.25, 0.3) is 5.91 Å². The molecular formula is C17H14F2N2O3. The molecule has 1 N–H and O–H groups in total. The number of amides is 1. The molecule has 24 heavy (non-hydrogen) atoms. The van der Waals surface area contributed by atoms with E-state index in [1.807, 2.05) is 0 Å². The predicted molar refractivity (Wildman–Crippen MR) is 80.1 cm³/mol. The molecule has 0 radical (unpaired) electrons. The molecular weight excluding hydrogens is 318 g/mol. The SMILES string of the molecule is O=CC1CN(C(=O)c2ccccc2F)C(c2cccc(F)c2)N1O. The van der Waals surface area contributed by atoms with Crippen molar-refractivity contribution in [2.45, 2.75) is 12.2 Å². The molecule has 1 aliphatic rings. The highest BCUT2D eigenvalue weighted by molar-refractivity contribution is 5.95. The minimum atomic E-state index is -1.08. The second kappa shape index (κ2) is 6.46. The molecule has 2 aromatic carbocycles. The van der Waals surface area contributed by atoms with E-state index in [0.29, 0.717) is 11.3 Å². The maximum Gasteiger partial charge on any atom is 0.258 e. The Labute approximate surface area is 136 Å². The molecule has 2 unspecified atom stereocenters. The van der Waals surface area contributed by atoms with E-state index in [1.54, 1.807) is 0 Å². The summed E-state index contributed by atoms with van der Waals surface area (Å²) in [5.41, 5.74) is 0.102. The normalized spacial score (nSPS) is 21.0. The lowest BCUT2D eigenvalue weighted by Gasteiger charge is -2.27. The van der Waals surface area contributed by atoms with Gasteiger partial charge in [0.05, 0.1) is 5.56 Å². The molecule has 2 atom stereocenters. The Kier molecular flexibility index (Phi) is 4.37. The van der Waals surface area contributed by atoms with Gasteiger partial charge in [-0.05, 0) is 29.8 Å². The van der Waals surface area contributed by atoms with Crippen molar-refractivity contribution < 1.29 is 23.6 Å². The van der Waals surface area contributed by atoms with E-state index in [2.05, 4.69) is 0 Å². The van der Waals surface area contributed by atoms with Crippen LogP contribution in [-0.2, 0) is 4.79 Å². The maximum atomic E-state index is 13.9. The number of hydrogen-bond donors (Lipinski definition) is 1. The first-order valence-corrected chi connectivity index (χ1v) is 7.26. The number of aldehydes is 1. The minimum absolute atomic E-state index is 0.131. The van der Waals surface area contributed by atoms with E-state index < -0.39 is 29.7 Å². The zero-order chi connectivity index (χ0) is 17.3. The van der Waals surface area contributed by atoms with Gasteiger partial charge in [0.2, 0.25) is 0 Å². The molecule has 124 valence electrons. The highest BCUT2D eigenvalue weighted by atomic mass is 19.1. The number of carbonyl (C=O) groups is 2. The average molecular weight is 332 g/mol. The summed E-state index contributed by atoms with van der Waals surface area (Å²) in [6, 6.07) is 9.77. The van der Waals surface area contributed by atoms with Crippen LogP contribution in [-0.4, -0.2) is 40.0 Å². The molecule has 1 fully saturated rings. The first kappa shape index (κ1) is 16.2. The van der Waals surface area contributed by atoms with Crippen LogP contribution in [0.4, 0.5) is 8.78 Å². The lowest BCUT2D eigenvalue weighted by atomic mass is 10.1. The van der Waals surface area contributed by atoms with E-state index in [0.717, 1.165) is 17.0 Å². The molecule has 0 spiro atoms. The van der Waals surface area contributed by atoms with Gasteiger partial charge in [-0.25, -0.2) is 8.78 Å². The van der Waals surface area contributed by atoms with Gasteiger partial charge >= 0.3 is 0 Å². The monoisotopic (exact) mass is 332 g/mol. The molecule has 1 aliphatic heterocycles.